The van der Waals surface area contributed by atoms with Gasteiger partial charge in [-0.2, -0.15) is 11.3 Å². The Morgan fingerprint density at radius 2 is 2.15 bits per heavy atom. The van der Waals surface area contributed by atoms with Crippen LogP contribution >= 0.6 is 11.3 Å². The maximum Gasteiger partial charge on any atom is 0.252 e. The molecule has 0 bridgehead atoms. The number of hydrogen-bond donors (Lipinski definition) is 1. The molecule has 0 aliphatic heterocycles. The van der Waals surface area contributed by atoms with Crippen molar-refractivity contribution in [1.29, 1.82) is 0 Å². The molecular formula is C15H17FN2OS. The standard InChI is InChI=1S/C15H17FN2OS/c1-18(2)9-13-7-11(3-4-14(13)16)8-17-15(19)12-5-6-20-10-12/h3-7,10H,8-9H2,1-2H3,(H,17,19). The topological polar surface area (TPSA) is 32.3 Å². The Kier molecular flexibility index (Phi) is 4.87. The Hall–Kier alpha value is -1.72. The van der Waals surface area contributed by atoms with Gasteiger partial charge < -0.3 is 10.2 Å². The van der Waals surface area contributed by atoms with Gasteiger partial charge in [0, 0.05) is 29.6 Å². The van der Waals surface area contributed by atoms with E-state index in [1.54, 1.807) is 23.6 Å². The number of rotatable bonds is 5. The van der Waals surface area contributed by atoms with Crippen LogP contribution < -0.4 is 5.32 Å². The van der Waals surface area contributed by atoms with Crippen molar-refractivity contribution in [1.82, 2.24) is 10.2 Å². The third-order valence-corrected chi connectivity index (χ3v) is 3.52. The van der Waals surface area contributed by atoms with Gasteiger partial charge in [-0.3, -0.25) is 4.79 Å². The van der Waals surface area contributed by atoms with E-state index in [9.17, 15) is 9.18 Å². The van der Waals surface area contributed by atoms with E-state index in [1.807, 2.05) is 24.4 Å². The van der Waals surface area contributed by atoms with Gasteiger partial charge in [0.15, 0.2) is 0 Å². The highest BCUT2D eigenvalue weighted by Crippen LogP contribution is 2.13. The molecule has 1 N–H and O–H groups in total. The maximum atomic E-state index is 13.6. The Bertz CT molecular complexity index is 582. The van der Waals surface area contributed by atoms with Crippen LogP contribution in [0.4, 0.5) is 4.39 Å². The van der Waals surface area contributed by atoms with Gasteiger partial charge in [-0.1, -0.05) is 6.07 Å². The van der Waals surface area contributed by atoms with Crippen LogP contribution in [0, 0.1) is 5.82 Å². The van der Waals surface area contributed by atoms with Crippen LogP contribution in [0.1, 0.15) is 21.5 Å². The fraction of sp³-hybridized carbons (Fsp3) is 0.267. The van der Waals surface area contributed by atoms with Crippen molar-refractivity contribution in [3.05, 3.63) is 57.5 Å². The van der Waals surface area contributed by atoms with Crippen molar-refractivity contribution < 1.29 is 9.18 Å². The number of nitrogens with one attached hydrogen (secondary N) is 1. The van der Waals surface area contributed by atoms with Crippen molar-refractivity contribution in [2.24, 2.45) is 0 Å². The van der Waals surface area contributed by atoms with Gasteiger partial charge in [-0.05, 0) is 43.2 Å². The first kappa shape index (κ1) is 14.7. The summed E-state index contributed by atoms with van der Waals surface area (Å²) in [5.41, 5.74) is 2.19. The lowest BCUT2D eigenvalue weighted by Gasteiger charge is -2.12. The van der Waals surface area contributed by atoms with Gasteiger partial charge in [0.2, 0.25) is 0 Å². The molecule has 0 aliphatic carbocycles. The number of amides is 1. The fourth-order valence-corrected chi connectivity index (χ4v) is 2.51. The molecular weight excluding hydrogens is 275 g/mol. The Morgan fingerprint density at radius 3 is 2.80 bits per heavy atom. The van der Waals surface area contributed by atoms with Gasteiger partial charge in [0.1, 0.15) is 5.82 Å². The van der Waals surface area contributed by atoms with Crippen LogP contribution in [-0.2, 0) is 13.1 Å². The summed E-state index contributed by atoms with van der Waals surface area (Å²) in [4.78, 5) is 13.7. The Balaban J connectivity index is 2.01. The maximum absolute atomic E-state index is 13.6. The zero-order valence-corrected chi connectivity index (χ0v) is 12.3. The molecule has 0 saturated carbocycles. The smallest absolute Gasteiger partial charge is 0.252 e. The number of carbonyl (C=O) groups is 1. The monoisotopic (exact) mass is 292 g/mol. The number of nitrogens with zero attached hydrogens (tertiary/aromatic N) is 1. The number of hydrogen-bond acceptors (Lipinski definition) is 3. The summed E-state index contributed by atoms with van der Waals surface area (Å²) in [6.07, 6.45) is 0. The highest BCUT2D eigenvalue weighted by atomic mass is 32.1. The summed E-state index contributed by atoms with van der Waals surface area (Å²) in [6.45, 7) is 0.938. The largest absolute Gasteiger partial charge is 0.348 e. The molecule has 0 spiro atoms. The summed E-state index contributed by atoms with van der Waals surface area (Å²) in [5, 5.41) is 6.50. The van der Waals surface area contributed by atoms with E-state index < -0.39 is 0 Å². The number of thiophene rings is 1. The average Bonchev–Trinajstić information content (AvgIpc) is 2.92. The molecule has 0 saturated heterocycles. The molecule has 2 aromatic rings. The summed E-state index contributed by atoms with van der Waals surface area (Å²) in [7, 11) is 3.79. The van der Waals surface area contributed by atoms with Gasteiger partial charge in [0.05, 0.1) is 0 Å². The Morgan fingerprint density at radius 1 is 1.35 bits per heavy atom. The van der Waals surface area contributed by atoms with Gasteiger partial charge in [-0.25, -0.2) is 4.39 Å². The summed E-state index contributed by atoms with van der Waals surface area (Å²) >= 11 is 1.48. The van der Waals surface area contributed by atoms with Crippen LogP contribution in [0.3, 0.4) is 0 Å². The van der Waals surface area contributed by atoms with E-state index in [4.69, 9.17) is 0 Å². The molecule has 2 rings (SSSR count). The zero-order chi connectivity index (χ0) is 14.5. The molecule has 1 aromatic heterocycles. The molecule has 5 heteroatoms. The molecule has 20 heavy (non-hydrogen) atoms. The summed E-state index contributed by atoms with van der Waals surface area (Å²) in [6, 6.07) is 6.72. The first-order chi connectivity index (χ1) is 9.56. The summed E-state index contributed by atoms with van der Waals surface area (Å²) in [5.74, 6) is -0.323. The van der Waals surface area contributed by atoms with Crippen molar-refractivity contribution in [3.63, 3.8) is 0 Å². The lowest BCUT2D eigenvalue weighted by Crippen LogP contribution is -2.22. The van der Waals surface area contributed by atoms with E-state index in [-0.39, 0.29) is 11.7 Å². The van der Waals surface area contributed by atoms with Crippen molar-refractivity contribution in [3.8, 4) is 0 Å². The van der Waals surface area contributed by atoms with Crippen molar-refractivity contribution >= 4 is 17.2 Å². The van der Waals surface area contributed by atoms with Crippen LogP contribution in [0.25, 0.3) is 0 Å². The Labute approximate surface area is 122 Å². The number of benzene rings is 1. The van der Waals surface area contributed by atoms with E-state index in [1.165, 1.54) is 17.4 Å². The predicted octanol–water partition coefficient (Wildman–Crippen LogP) is 2.88. The third-order valence-electron chi connectivity index (χ3n) is 2.83. The lowest BCUT2D eigenvalue weighted by atomic mass is 10.1. The highest BCUT2D eigenvalue weighted by Gasteiger charge is 2.08. The minimum Gasteiger partial charge on any atom is -0.348 e. The number of carbonyl (C=O) groups excluding carboxylic acids is 1. The number of halogens is 1. The molecule has 0 aliphatic rings. The first-order valence-electron chi connectivity index (χ1n) is 6.28. The molecule has 0 radical (unpaired) electrons. The predicted molar refractivity (Wildman–Crippen MR) is 79.3 cm³/mol. The van der Waals surface area contributed by atoms with Gasteiger partial charge in [0.25, 0.3) is 5.91 Å². The molecule has 1 aromatic carbocycles. The molecule has 1 amide bonds. The van der Waals surface area contributed by atoms with Crippen molar-refractivity contribution in [2.45, 2.75) is 13.1 Å². The molecule has 0 fully saturated rings. The minimum absolute atomic E-state index is 0.107. The molecule has 0 atom stereocenters. The van der Waals surface area contributed by atoms with E-state index in [0.717, 1.165) is 5.56 Å². The van der Waals surface area contributed by atoms with Gasteiger partial charge in [-0.15, -0.1) is 0 Å². The van der Waals surface area contributed by atoms with Gasteiger partial charge >= 0.3 is 0 Å². The quantitative estimate of drug-likeness (QED) is 0.919. The first-order valence-corrected chi connectivity index (χ1v) is 7.23. The van der Waals surface area contributed by atoms with Crippen molar-refractivity contribution in [2.75, 3.05) is 14.1 Å². The second-order valence-corrected chi connectivity index (χ2v) is 5.64. The van der Waals surface area contributed by atoms with E-state index in [0.29, 0.717) is 24.2 Å². The molecule has 1 heterocycles. The SMILES string of the molecule is CN(C)Cc1cc(CNC(=O)c2ccsc2)ccc1F. The molecule has 106 valence electrons. The lowest BCUT2D eigenvalue weighted by molar-refractivity contribution is 0.0951. The zero-order valence-electron chi connectivity index (χ0n) is 11.5. The molecule has 3 nitrogen and oxygen atoms in total. The van der Waals surface area contributed by atoms with Crippen LogP contribution in [0.5, 0.6) is 0 Å². The summed E-state index contributed by atoms with van der Waals surface area (Å²) < 4.78 is 13.6. The van der Waals surface area contributed by atoms with E-state index in [2.05, 4.69) is 5.32 Å². The average molecular weight is 292 g/mol. The fourth-order valence-electron chi connectivity index (χ4n) is 1.88. The highest BCUT2D eigenvalue weighted by molar-refractivity contribution is 7.08. The minimum atomic E-state index is -0.216. The normalized spacial score (nSPS) is 10.8. The second-order valence-electron chi connectivity index (χ2n) is 4.86. The molecule has 0 unspecified atom stereocenters. The second kappa shape index (κ2) is 6.63. The van der Waals surface area contributed by atoms with Crippen LogP contribution in [0.2, 0.25) is 0 Å². The third kappa shape index (κ3) is 3.88. The van der Waals surface area contributed by atoms with Crippen LogP contribution in [-0.4, -0.2) is 24.9 Å². The van der Waals surface area contributed by atoms with E-state index >= 15 is 0 Å². The van der Waals surface area contributed by atoms with Crippen LogP contribution in [0.15, 0.2) is 35.0 Å².